The van der Waals surface area contributed by atoms with Crippen molar-refractivity contribution in [2.24, 2.45) is 13.0 Å². The third-order valence-corrected chi connectivity index (χ3v) is 5.17. The van der Waals surface area contributed by atoms with Crippen molar-refractivity contribution in [1.82, 2.24) is 24.1 Å². The van der Waals surface area contributed by atoms with Crippen LogP contribution < -0.4 is 0 Å². The Labute approximate surface area is 130 Å². The largest absolute Gasteiger partial charge is 0.275 e. The highest BCUT2D eigenvalue weighted by Gasteiger charge is 2.28. The summed E-state index contributed by atoms with van der Waals surface area (Å²) in [7, 11) is -1.23. The number of hydrogen-bond acceptors (Lipinski definition) is 5. The Morgan fingerprint density at radius 3 is 2.77 bits per heavy atom. The Morgan fingerprint density at radius 2 is 2.14 bits per heavy atom. The number of sulfonamides is 1. The molecule has 118 valence electrons. The lowest BCUT2D eigenvalue weighted by Crippen LogP contribution is -2.27. The molecular formula is C14H19N5O2S. The second-order valence-electron chi connectivity index (χ2n) is 5.78. The van der Waals surface area contributed by atoms with Gasteiger partial charge in [0.2, 0.25) is 10.0 Å². The van der Waals surface area contributed by atoms with Crippen LogP contribution in [0.5, 0.6) is 0 Å². The molecule has 0 N–H and O–H groups in total. The summed E-state index contributed by atoms with van der Waals surface area (Å²) in [6.07, 6.45) is 10.0. The van der Waals surface area contributed by atoms with E-state index in [0.717, 1.165) is 29.8 Å². The maximum absolute atomic E-state index is 11.6. The van der Waals surface area contributed by atoms with Gasteiger partial charge in [-0.3, -0.25) is 9.67 Å². The lowest BCUT2D eigenvalue weighted by atomic mass is 10.0. The van der Waals surface area contributed by atoms with E-state index in [4.69, 9.17) is 0 Å². The van der Waals surface area contributed by atoms with Crippen molar-refractivity contribution in [1.29, 1.82) is 0 Å². The van der Waals surface area contributed by atoms with Gasteiger partial charge in [0.1, 0.15) is 0 Å². The Morgan fingerprint density at radius 1 is 1.32 bits per heavy atom. The second kappa shape index (κ2) is 5.77. The minimum atomic E-state index is -3.09. The van der Waals surface area contributed by atoms with Crippen LogP contribution in [0.25, 0.3) is 11.3 Å². The first-order chi connectivity index (χ1) is 10.4. The van der Waals surface area contributed by atoms with E-state index in [2.05, 4.69) is 15.1 Å². The van der Waals surface area contributed by atoms with Crippen LogP contribution in [-0.4, -0.2) is 51.8 Å². The lowest BCUT2D eigenvalue weighted by Gasteiger charge is -2.13. The summed E-state index contributed by atoms with van der Waals surface area (Å²) in [5, 5.41) is 4.14. The Hall–Kier alpha value is -1.80. The molecule has 3 heterocycles. The predicted octanol–water partition coefficient (Wildman–Crippen LogP) is 0.701. The lowest BCUT2D eigenvalue weighted by molar-refractivity contribution is 0.459. The van der Waals surface area contributed by atoms with E-state index in [0.29, 0.717) is 19.0 Å². The molecule has 1 fully saturated rings. The standard InChI is InChI=1S/C14H19N5O2S/c1-18-10-12(6-16-18)14-8-15-7-13(17-14)5-11-3-4-19(9-11)22(2,20)21/h6-8,10-11H,3-5,9H2,1-2H3. The van der Waals surface area contributed by atoms with Gasteiger partial charge >= 0.3 is 0 Å². The highest BCUT2D eigenvalue weighted by Crippen LogP contribution is 2.23. The topological polar surface area (TPSA) is 81.0 Å². The fraction of sp³-hybridized carbons (Fsp3) is 0.500. The van der Waals surface area contributed by atoms with Gasteiger partial charge in [-0.25, -0.2) is 17.7 Å². The van der Waals surface area contributed by atoms with E-state index in [1.165, 1.54) is 10.6 Å². The first-order valence-electron chi connectivity index (χ1n) is 7.17. The van der Waals surface area contributed by atoms with Gasteiger partial charge < -0.3 is 0 Å². The van der Waals surface area contributed by atoms with Gasteiger partial charge in [-0.15, -0.1) is 0 Å². The minimum absolute atomic E-state index is 0.299. The van der Waals surface area contributed by atoms with E-state index >= 15 is 0 Å². The van der Waals surface area contributed by atoms with Crippen LogP contribution in [0.3, 0.4) is 0 Å². The van der Waals surface area contributed by atoms with E-state index in [1.807, 2.05) is 13.2 Å². The van der Waals surface area contributed by atoms with E-state index < -0.39 is 10.0 Å². The molecule has 3 rings (SSSR count). The molecule has 0 spiro atoms. The molecule has 2 aromatic heterocycles. The third-order valence-electron chi connectivity index (χ3n) is 3.90. The van der Waals surface area contributed by atoms with E-state index in [-0.39, 0.29) is 0 Å². The maximum Gasteiger partial charge on any atom is 0.211 e. The van der Waals surface area contributed by atoms with Crippen LogP contribution in [0.1, 0.15) is 12.1 Å². The molecule has 0 aromatic carbocycles. The molecule has 0 bridgehead atoms. The third kappa shape index (κ3) is 3.33. The fourth-order valence-corrected chi connectivity index (χ4v) is 3.68. The molecule has 0 saturated carbocycles. The first-order valence-corrected chi connectivity index (χ1v) is 9.02. The van der Waals surface area contributed by atoms with Crippen molar-refractivity contribution in [3.8, 4) is 11.3 Å². The van der Waals surface area contributed by atoms with Crippen LogP contribution >= 0.6 is 0 Å². The molecule has 1 saturated heterocycles. The van der Waals surface area contributed by atoms with Crippen LogP contribution in [0.2, 0.25) is 0 Å². The SMILES string of the molecule is Cn1cc(-c2cncc(CC3CCN(S(C)(=O)=O)C3)n2)cn1. The molecule has 22 heavy (non-hydrogen) atoms. The molecular weight excluding hydrogens is 302 g/mol. The summed E-state index contributed by atoms with van der Waals surface area (Å²) < 4.78 is 26.4. The van der Waals surface area contributed by atoms with Gasteiger partial charge in [-0.1, -0.05) is 0 Å². The van der Waals surface area contributed by atoms with Gasteiger partial charge in [-0.2, -0.15) is 5.10 Å². The zero-order valence-electron chi connectivity index (χ0n) is 12.7. The molecule has 0 aliphatic carbocycles. The average molecular weight is 321 g/mol. The summed E-state index contributed by atoms with van der Waals surface area (Å²) in [5.41, 5.74) is 2.62. The zero-order valence-corrected chi connectivity index (χ0v) is 13.5. The summed E-state index contributed by atoms with van der Waals surface area (Å²) in [5.74, 6) is 0.299. The highest BCUT2D eigenvalue weighted by atomic mass is 32.2. The minimum Gasteiger partial charge on any atom is -0.275 e. The average Bonchev–Trinajstić information content (AvgIpc) is 3.08. The van der Waals surface area contributed by atoms with Gasteiger partial charge in [0.15, 0.2) is 0 Å². The van der Waals surface area contributed by atoms with Crippen LogP contribution in [0, 0.1) is 5.92 Å². The van der Waals surface area contributed by atoms with E-state index in [1.54, 1.807) is 23.3 Å². The van der Waals surface area contributed by atoms with Crippen molar-refractivity contribution in [2.45, 2.75) is 12.8 Å². The van der Waals surface area contributed by atoms with Crippen molar-refractivity contribution in [3.05, 3.63) is 30.5 Å². The summed E-state index contributed by atoms with van der Waals surface area (Å²) >= 11 is 0. The first kappa shape index (κ1) is 15.1. The highest BCUT2D eigenvalue weighted by molar-refractivity contribution is 7.88. The van der Waals surface area contributed by atoms with Crippen molar-refractivity contribution in [2.75, 3.05) is 19.3 Å². The van der Waals surface area contributed by atoms with Crippen molar-refractivity contribution in [3.63, 3.8) is 0 Å². The number of hydrogen-bond donors (Lipinski definition) is 0. The Bertz CT molecular complexity index is 771. The van der Waals surface area contributed by atoms with Crippen LogP contribution in [0.4, 0.5) is 0 Å². The monoisotopic (exact) mass is 321 g/mol. The molecule has 7 nitrogen and oxygen atoms in total. The molecule has 8 heteroatoms. The normalized spacial score (nSPS) is 19.6. The maximum atomic E-state index is 11.6. The Kier molecular flexibility index (Phi) is 3.96. The number of nitrogens with zero attached hydrogens (tertiary/aromatic N) is 5. The number of aromatic nitrogens is 4. The molecule has 1 aliphatic heterocycles. The number of aryl methyl sites for hydroxylation is 1. The molecule has 0 radical (unpaired) electrons. The van der Waals surface area contributed by atoms with Gasteiger partial charge in [0.25, 0.3) is 0 Å². The van der Waals surface area contributed by atoms with Gasteiger partial charge in [0, 0.05) is 38.1 Å². The van der Waals surface area contributed by atoms with Gasteiger partial charge in [0.05, 0.1) is 30.0 Å². The molecule has 1 unspecified atom stereocenters. The smallest absolute Gasteiger partial charge is 0.211 e. The van der Waals surface area contributed by atoms with E-state index in [9.17, 15) is 8.42 Å². The van der Waals surface area contributed by atoms with Crippen LogP contribution in [-0.2, 0) is 23.5 Å². The fourth-order valence-electron chi connectivity index (χ4n) is 2.76. The molecule has 1 atom stereocenters. The molecule has 0 amide bonds. The summed E-state index contributed by atoms with van der Waals surface area (Å²) in [6.45, 7) is 1.16. The van der Waals surface area contributed by atoms with Gasteiger partial charge in [-0.05, 0) is 18.8 Å². The summed E-state index contributed by atoms with van der Waals surface area (Å²) in [4.78, 5) is 8.87. The quantitative estimate of drug-likeness (QED) is 0.828. The second-order valence-corrected chi connectivity index (χ2v) is 7.76. The molecule has 2 aromatic rings. The molecule has 1 aliphatic rings. The summed E-state index contributed by atoms with van der Waals surface area (Å²) in [6, 6.07) is 0. The van der Waals surface area contributed by atoms with Crippen molar-refractivity contribution >= 4 is 10.0 Å². The predicted molar refractivity (Wildman–Crippen MR) is 82.5 cm³/mol. The Balaban J connectivity index is 1.72. The number of rotatable bonds is 4. The zero-order chi connectivity index (χ0) is 15.7. The van der Waals surface area contributed by atoms with Crippen LogP contribution in [0.15, 0.2) is 24.8 Å². The van der Waals surface area contributed by atoms with Crippen molar-refractivity contribution < 1.29 is 8.42 Å².